The van der Waals surface area contributed by atoms with Crippen molar-refractivity contribution in [3.63, 3.8) is 0 Å². The van der Waals surface area contributed by atoms with E-state index in [1.165, 1.54) is 4.90 Å². The molecule has 1 aliphatic rings. The summed E-state index contributed by atoms with van der Waals surface area (Å²) in [5.74, 6) is -0.912. The minimum Gasteiger partial charge on any atom is -0.453 e. The van der Waals surface area contributed by atoms with Gasteiger partial charge in [-0.1, -0.05) is 121 Å². The molecule has 0 bridgehead atoms. The number of hydrogen-bond donors (Lipinski definition) is 0. The van der Waals surface area contributed by atoms with Gasteiger partial charge in [0.25, 0.3) is 0 Å². The van der Waals surface area contributed by atoms with Gasteiger partial charge in [0.05, 0.1) is 0 Å². The van der Waals surface area contributed by atoms with E-state index in [2.05, 4.69) is 0 Å². The van der Waals surface area contributed by atoms with E-state index in [1.54, 1.807) is 24.3 Å². The molecule has 1 fully saturated rings. The number of ether oxygens (including phenoxy) is 2. The van der Waals surface area contributed by atoms with Crippen molar-refractivity contribution in [2.75, 3.05) is 0 Å². The molecular formula is C32H27NO5. The van der Waals surface area contributed by atoms with Crippen LogP contribution in [0.25, 0.3) is 0 Å². The Kier molecular flexibility index (Phi) is 7.59. The van der Waals surface area contributed by atoms with E-state index in [0.29, 0.717) is 5.56 Å². The van der Waals surface area contributed by atoms with Gasteiger partial charge in [-0.05, 0) is 16.7 Å². The number of ketones is 1. The lowest BCUT2D eigenvalue weighted by Crippen LogP contribution is -2.55. The van der Waals surface area contributed by atoms with Crippen LogP contribution in [0.1, 0.15) is 45.6 Å². The van der Waals surface area contributed by atoms with E-state index in [0.717, 1.165) is 16.7 Å². The largest absolute Gasteiger partial charge is 0.453 e. The topological polar surface area (TPSA) is 72.9 Å². The van der Waals surface area contributed by atoms with Crippen LogP contribution >= 0.6 is 0 Å². The molecule has 1 aliphatic heterocycles. The van der Waals surface area contributed by atoms with Gasteiger partial charge >= 0.3 is 12.1 Å². The molecule has 0 spiro atoms. The molecule has 6 nitrogen and oxygen atoms in total. The van der Waals surface area contributed by atoms with Gasteiger partial charge in [-0.2, -0.15) is 0 Å². The van der Waals surface area contributed by atoms with Crippen LogP contribution in [0.5, 0.6) is 0 Å². The predicted octanol–water partition coefficient (Wildman–Crippen LogP) is 6.31. The maximum Gasteiger partial charge on any atom is 0.411 e. The first-order valence-electron chi connectivity index (χ1n) is 12.5. The van der Waals surface area contributed by atoms with E-state index in [1.807, 2.05) is 97.1 Å². The Labute approximate surface area is 221 Å². The molecule has 0 saturated carbocycles. The summed E-state index contributed by atoms with van der Waals surface area (Å²) in [6.45, 7) is 0.0298. The Morgan fingerprint density at radius 3 is 1.84 bits per heavy atom. The Balaban J connectivity index is 1.54. The van der Waals surface area contributed by atoms with Crippen molar-refractivity contribution >= 4 is 17.8 Å². The lowest BCUT2D eigenvalue weighted by atomic mass is 9.90. The number of morpholine rings is 1. The van der Waals surface area contributed by atoms with Gasteiger partial charge < -0.3 is 9.47 Å². The summed E-state index contributed by atoms with van der Waals surface area (Å²) >= 11 is 0. The van der Waals surface area contributed by atoms with Gasteiger partial charge in [0.2, 0.25) is 0 Å². The number of amides is 1. The fourth-order valence-corrected chi connectivity index (χ4v) is 4.73. The third-order valence-electron chi connectivity index (χ3n) is 6.60. The van der Waals surface area contributed by atoms with Crippen molar-refractivity contribution in [1.82, 2.24) is 4.90 Å². The molecule has 0 unspecified atom stereocenters. The van der Waals surface area contributed by atoms with Crippen LogP contribution in [0.15, 0.2) is 121 Å². The quantitative estimate of drug-likeness (QED) is 0.218. The highest BCUT2D eigenvalue weighted by atomic mass is 16.6. The molecule has 4 aromatic carbocycles. The Morgan fingerprint density at radius 2 is 1.24 bits per heavy atom. The molecule has 6 heteroatoms. The summed E-state index contributed by atoms with van der Waals surface area (Å²) in [4.78, 5) is 41.9. The smallest absolute Gasteiger partial charge is 0.411 e. The highest BCUT2D eigenvalue weighted by Crippen LogP contribution is 2.43. The zero-order valence-corrected chi connectivity index (χ0v) is 20.7. The van der Waals surface area contributed by atoms with Gasteiger partial charge in [0.15, 0.2) is 11.9 Å². The first-order valence-corrected chi connectivity index (χ1v) is 12.5. The number of nitrogens with zero attached hydrogens (tertiary/aromatic N) is 1. The second kappa shape index (κ2) is 11.6. The summed E-state index contributed by atoms with van der Waals surface area (Å²) in [5, 5.41) is 0. The molecule has 190 valence electrons. The number of esters is 1. The van der Waals surface area contributed by atoms with Gasteiger partial charge in [0, 0.05) is 12.0 Å². The molecule has 1 saturated heterocycles. The standard InChI is InChI=1S/C32H27NO5/c34-28(24-15-7-2-8-16-24)21-27-31(35)38-30(26-19-11-4-12-20-26)29(25-17-9-3-10-18-25)33(27)32(36)37-22-23-13-5-1-6-14-23/h1-20,27,29-30H,21-22H2/t27-,29+,30-/m1/s1. The summed E-state index contributed by atoms with van der Waals surface area (Å²) in [5.41, 5.74) is 2.78. The molecule has 4 aromatic rings. The maximum absolute atomic E-state index is 13.8. The van der Waals surface area contributed by atoms with Crippen LogP contribution in [0, 0.1) is 0 Å². The molecule has 0 radical (unpaired) electrons. The van der Waals surface area contributed by atoms with Gasteiger partial charge in [-0.3, -0.25) is 9.69 Å². The molecule has 0 aromatic heterocycles. The number of cyclic esters (lactones) is 1. The molecule has 0 aliphatic carbocycles. The maximum atomic E-state index is 13.8. The van der Waals surface area contributed by atoms with E-state index in [9.17, 15) is 14.4 Å². The van der Waals surface area contributed by atoms with Crippen LogP contribution in [0.3, 0.4) is 0 Å². The van der Waals surface area contributed by atoms with Crippen LogP contribution in [-0.4, -0.2) is 28.8 Å². The Bertz CT molecular complexity index is 1380. The van der Waals surface area contributed by atoms with Crippen molar-refractivity contribution in [3.8, 4) is 0 Å². The minimum atomic E-state index is -1.16. The van der Waals surface area contributed by atoms with Crippen LogP contribution in [0.2, 0.25) is 0 Å². The van der Waals surface area contributed by atoms with Crippen molar-refractivity contribution in [2.45, 2.75) is 31.2 Å². The fourth-order valence-electron chi connectivity index (χ4n) is 4.73. The second-order valence-corrected chi connectivity index (χ2v) is 9.08. The zero-order valence-electron chi connectivity index (χ0n) is 20.7. The highest BCUT2D eigenvalue weighted by Gasteiger charge is 2.49. The van der Waals surface area contributed by atoms with Crippen molar-refractivity contribution in [2.24, 2.45) is 0 Å². The lowest BCUT2D eigenvalue weighted by Gasteiger charge is -2.44. The molecule has 0 N–H and O–H groups in total. The number of Topliss-reactive ketones (excluding diaryl/α,β-unsaturated/α-hetero) is 1. The molecule has 38 heavy (non-hydrogen) atoms. The van der Waals surface area contributed by atoms with Crippen LogP contribution in [0.4, 0.5) is 4.79 Å². The molecule has 5 rings (SSSR count). The van der Waals surface area contributed by atoms with Crippen LogP contribution in [-0.2, 0) is 20.9 Å². The third kappa shape index (κ3) is 5.49. The lowest BCUT2D eigenvalue weighted by molar-refractivity contribution is -0.173. The normalized spacial score (nSPS) is 18.9. The zero-order chi connectivity index (χ0) is 26.3. The summed E-state index contributed by atoms with van der Waals surface area (Å²) in [6, 6.07) is 34.9. The summed E-state index contributed by atoms with van der Waals surface area (Å²) in [7, 11) is 0. The fraction of sp³-hybridized carbons (Fsp3) is 0.156. The van der Waals surface area contributed by atoms with Gasteiger partial charge in [-0.25, -0.2) is 9.59 Å². The molecule has 1 amide bonds. The van der Waals surface area contributed by atoms with Crippen molar-refractivity contribution in [3.05, 3.63) is 144 Å². The highest BCUT2D eigenvalue weighted by molar-refractivity contribution is 5.99. The van der Waals surface area contributed by atoms with Crippen molar-refractivity contribution < 1.29 is 23.9 Å². The SMILES string of the molecule is O=C(C[C@@H]1C(=O)O[C@H](c2ccccc2)[C@H](c2ccccc2)N1C(=O)OCc1ccccc1)c1ccccc1. The number of benzene rings is 4. The third-order valence-corrected chi connectivity index (χ3v) is 6.60. The Morgan fingerprint density at radius 1 is 0.711 bits per heavy atom. The predicted molar refractivity (Wildman–Crippen MR) is 142 cm³/mol. The number of hydrogen-bond acceptors (Lipinski definition) is 5. The van der Waals surface area contributed by atoms with Crippen LogP contribution < -0.4 is 0 Å². The van der Waals surface area contributed by atoms with Gasteiger partial charge in [-0.15, -0.1) is 0 Å². The minimum absolute atomic E-state index is 0.0298. The molecule has 1 heterocycles. The summed E-state index contributed by atoms with van der Waals surface area (Å²) < 4.78 is 11.7. The average Bonchev–Trinajstić information content (AvgIpc) is 2.98. The number of carbonyl (C=O) groups is 3. The monoisotopic (exact) mass is 505 g/mol. The Hall–Kier alpha value is -4.71. The first kappa shape index (κ1) is 25.0. The first-order chi connectivity index (χ1) is 18.6. The molecule has 3 atom stereocenters. The van der Waals surface area contributed by atoms with Crippen molar-refractivity contribution in [1.29, 1.82) is 0 Å². The van der Waals surface area contributed by atoms with E-state index >= 15 is 0 Å². The molecular weight excluding hydrogens is 478 g/mol. The van der Waals surface area contributed by atoms with E-state index < -0.39 is 30.3 Å². The number of carbonyl (C=O) groups excluding carboxylic acids is 3. The second-order valence-electron chi connectivity index (χ2n) is 9.08. The number of rotatable bonds is 7. The van der Waals surface area contributed by atoms with Gasteiger partial charge in [0.1, 0.15) is 18.7 Å². The summed E-state index contributed by atoms with van der Waals surface area (Å²) in [6.07, 6.45) is -1.70. The van der Waals surface area contributed by atoms with E-state index in [-0.39, 0.29) is 18.8 Å². The van der Waals surface area contributed by atoms with E-state index in [4.69, 9.17) is 9.47 Å². The average molecular weight is 506 g/mol.